The van der Waals surface area contributed by atoms with Crippen LogP contribution < -0.4 is 9.80 Å². The van der Waals surface area contributed by atoms with Crippen molar-refractivity contribution in [3.05, 3.63) is 217 Å². The number of furan rings is 1. The second-order valence-corrected chi connectivity index (χ2v) is 17.3. The van der Waals surface area contributed by atoms with Gasteiger partial charge in [0.2, 0.25) is 0 Å². The maximum atomic E-state index is 6.30. The Morgan fingerprint density at radius 3 is 1.95 bits per heavy atom. The molecule has 0 N–H and O–H groups in total. The lowest BCUT2D eigenvalue weighted by atomic mass is 9.82. The summed E-state index contributed by atoms with van der Waals surface area (Å²) in [6, 6.07) is 75.6. The lowest BCUT2D eigenvalue weighted by Gasteiger charge is -2.35. The highest BCUT2D eigenvalue weighted by Crippen LogP contribution is 2.56. The van der Waals surface area contributed by atoms with Crippen molar-refractivity contribution in [1.29, 1.82) is 0 Å². The van der Waals surface area contributed by atoms with Gasteiger partial charge < -0.3 is 14.2 Å². The van der Waals surface area contributed by atoms with E-state index >= 15 is 0 Å². The maximum absolute atomic E-state index is 6.30. The Hall–Kier alpha value is -7.88. The van der Waals surface area contributed by atoms with Gasteiger partial charge in [-0.3, -0.25) is 0 Å². The van der Waals surface area contributed by atoms with Crippen molar-refractivity contribution in [3.63, 3.8) is 0 Å². The van der Waals surface area contributed by atoms with Crippen molar-refractivity contribution in [1.82, 2.24) is 0 Å². The molecule has 0 amide bonds. The van der Waals surface area contributed by atoms with E-state index < -0.39 is 0 Å². The van der Waals surface area contributed by atoms with E-state index in [1.165, 1.54) is 83.1 Å². The molecule has 13 rings (SSSR count). The third-order valence-electron chi connectivity index (χ3n) is 13.5. The highest BCUT2D eigenvalue weighted by Gasteiger charge is 2.38. The molecular formula is C59H40N2O. The molecule has 2 aliphatic rings. The first-order chi connectivity index (χ1) is 30.5. The van der Waals surface area contributed by atoms with Crippen molar-refractivity contribution in [2.75, 3.05) is 9.80 Å². The van der Waals surface area contributed by atoms with Gasteiger partial charge in [0.25, 0.3) is 0 Å². The number of nitrogens with zero attached hydrogens (tertiary/aromatic N) is 2. The highest BCUT2D eigenvalue weighted by molar-refractivity contribution is 6.19. The number of anilines is 6. The van der Waals surface area contributed by atoms with E-state index in [0.717, 1.165) is 39.0 Å². The predicted octanol–water partition coefficient (Wildman–Crippen LogP) is 16.8. The first-order valence-corrected chi connectivity index (χ1v) is 21.5. The molecule has 1 aliphatic carbocycles. The summed E-state index contributed by atoms with van der Waals surface area (Å²) in [4.78, 5) is 4.93. The summed E-state index contributed by atoms with van der Waals surface area (Å²) in [5.41, 5.74) is 18.6. The normalized spacial score (nSPS) is 13.4. The summed E-state index contributed by atoms with van der Waals surface area (Å²) in [6.07, 6.45) is 0. The van der Waals surface area contributed by atoms with E-state index in [-0.39, 0.29) is 5.41 Å². The second kappa shape index (κ2) is 13.1. The molecule has 1 aliphatic heterocycles. The van der Waals surface area contributed by atoms with Crippen LogP contribution in [0, 0.1) is 0 Å². The summed E-state index contributed by atoms with van der Waals surface area (Å²) >= 11 is 0. The zero-order valence-electron chi connectivity index (χ0n) is 34.4. The Kier molecular flexibility index (Phi) is 7.36. The fourth-order valence-electron chi connectivity index (χ4n) is 10.6. The number of rotatable bonds is 5. The topological polar surface area (TPSA) is 19.6 Å². The van der Waals surface area contributed by atoms with Gasteiger partial charge in [0.05, 0.1) is 11.4 Å². The Morgan fingerprint density at radius 2 is 1.06 bits per heavy atom. The molecule has 292 valence electrons. The Morgan fingerprint density at radius 1 is 0.419 bits per heavy atom. The molecule has 0 spiro atoms. The van der Waals surface area contributed by atoms with Gasteiger partial charge in [-0.2, -0.15) is 0 Å². The average molecular weight is 793 g/mol. The van der Waals surface area contributed by atoms with Crippen LogP contribution in [0.5, 0.6) is 0 Å². The molecule has 0 bridgehead atoms. The third-order valence-corrected chi connectivity index (χ3v) is 13.5. The molecule has 3 heteroatoms. The summed E-state index contributed by atoms with van der Waals surface area (Å²) < 4.78 is 6.30. The number of para-hydroxylation sites is 1. The van der Waals surface area contributed by atoms with E-state index in [0.29, 0.717) is 0 Å². The van der Waals surface area contributed by atoms with Crippen LogP contribution in [0.3, 0.4) is 0 Å². The van der Waals surface area contributed by atoms with E-state index in [4.69, 9.17) is 4.42 Å². The minimum atomic E-state index is -0.278. The van der Waals surface area contributed by atoms with Gasteiger partial charge in [0, 0.05) is 55.3 Å². The van der Waals surface area contributed by atoms with Gasteiger partial charge in [0.1, 0.15) is 11.2 Å². The van der Waals surface area contributed by atoms with E-state index in [9.17, 15) is 0 Å². The molecule has 0 atom stereocenters. The van der Waals surface area contributed by atoms with Crippen molar-refractivity contribution >= 4 is 77.6 Å². The molecule has 0 saturated carbocycles. The minimum Gasteiger partial charge on any atom is -0.456 e. The molecule has 62 heavy (non-hydrogen) atoms. The van der Waals surface area contributed by atoms with Crippen LogP contribution in [-0.2, 0) is 5.41 Å². The zero-order valence-corrected chi connectivity index (χ0v) is 34.4. The van der Waals surface area contributed by atoms with Crippen LogP contribution in [0.2, 0.25) is 0 Å². The average Bonchev–Trinajstić information content (AvgIpc) is 3.80. The Bertz CT molecular complexity index is 3630. The van der Waals surface area contributed by atoms with Gasteiger partial charge in [-0.05, 0) is 116 Å². The fraction of sp³-hybridized carbons (Fsp3) is 0.0508. The van der Waals surface area contributed by atoms with E-state index in [1.807, 2.05) is 12.1 Å². The third kappa shape index (κ3) is 5.06. The molecule has 0 unspecified atom stereocenters. The lowest BCUT2D eigenvalue weighted by Crippen LogP contribution is -2.19. The van der Waals surface area contributed by atoms with Crippen molar-refractivity contribution in [2.24, 2.45) is 0 Å². The van der Waals surface area contributed by atoms with Gasteiger partial charge in [0.15, 0.2) is 0 Å². The smallest absolute Gasteiger partial charge is 0.135 e. The van der Waals surface area contributed by atoms with Crippen molar-refractivity contribution < 1.29 is 4.42 Å². The SMILES string of the molecule is CC1(C)c2cc(N(c3cccc(-c4ccccc4)c3)c3ccc4oc5ccccc5c4c3)ccc2-c2ccc(N3c4c(ccc5ccccc45)-c4cccc5cccc3c45)cc21. The minimum absolute atomic E-state index is 0.278. The molecular weight excluding hydrogens is 753 g/mol. The number of hydrogen-bond acceptors (Lipinski definition) is 3. The van der Waals surface area contributed by atoms with Gasteiger partial charge >= 0.3 is 0 Å². The van der Waals surface area contributed by atoms with Crippen LogP contribution in [0.25, 0.3) is 76.9 Å². The summed E-state index contributed by atoms with van der Waals surface area (Å²) in [5, 5.41) is 7.26. The molecule has 1 aromatic heterocycles. The van der Waals surface area contributed by atoms with Gasteiger partial charge in [-0.15, -0.1) is 0 Å². The highest BCUT2D eigenvalue weighted by atomic mass is 16.3. The largest absolute Gasteiger partial charge is 0.456 e. The predicted molar refractivity (Wildman–Crippen MR) is 260 cm³/mol. The standard InChI is InChI=1S/C59H40N2O/c1-59(2)52-35-43(60(41-19-10-18-40(33-41)37-13-4-3-5-14-37)42-28-32-56-51(34-42)48-21-8-9-24-55(48)62-56)26-30-46(52)47-31-27-44(36-53(47)59)61-54-23-12-17-39-16-11-22-49(57(39)54)50-29-25-38-15-6-7-20-45(38)58(50)61/h3-36H,1-2H3. The van der Waals surface area contributed by atoms with Crippen LogP contribution >= 0.6 is 0 Å². The number of benzene rings is 10. The molecule has 2 heterocycles. The monoisotopic (exact) mass is 792 g/mol. The van der Waals surface area contributed by atoms with Crippen LogP contribution in [0.1, 0.15) is 25.0 Å². The number of fused-ring (bicyclic) bond motifs is 10. The Balaban J connectivity index is 0.974. The molecule has 0 fully saturated rings. The molecule has 3 nitrogen and oxygen atoms in total. The van der Waals surface area contributed by atoms with Crippen molar-refractivity contribution in [2.45, 2.75) is 19.3 Å². The van der Waals surface area contributed by atoms with Crippen LogP contribution in [-0.4, -0.2) is 0 Å². The number of hydrogen-bond donors (Lipinski definition) is 0. The van der Waals surface area contributed by atoms with Gasteiger partial charge in [-0.25, -0.2) is 0 Å². The van der Waals surface area contributed by atoms with Crippen molar-refractivity contribution in [3.8, 4) is 33.4 Å². The maximum Gasteiger partial charge on any atom is 0.135 e. The molecule has 0 radical (unpaired) electrons. The first kappa shape index (κ1) is 34.9. The van der Waals surface area contributed by atoms with Gasteiger partial charge in [-0.1, -0.05) is 153 Å². The fourth-order valence-corrected chi connectivity index (χ4v) is 10.6. The molecule has 0 saturated heterocycles. The quantitative estimate of drug-likeness (QED) is 0.173. The Labute approximate surface area is 360 Å². The second-order valence-electron chi connectivity index (χ2n) is 17.3. The summed E-state index contributed by atoms with van der Waals surface area (Å²) in [6.45, 7) is 4.79. The zero-order chi connectivity index (χ0) is 41.1. The first-order valence-electron chi connectivity index (χ1n) is 21.5. The lowest BCUT2D eigenvalue weighted by molar-refractivity contribution is 0.660. The molecule has 11 aromatic rings. The molecule has 10 aromatic carbocycles. The van der Waals surface area contributed by atoms with Crippen LogP contribution in [0.15, 0.2) is 211 Å². The summed E-state index contributed by atoms with van der Waals surface area (Å²) in [7, 11) is 0. The van der Waals surface area contributed by atoms with E-state index in [2.05, 4.69) is 218 Å². The van der Waals surface area contributed by atoms with Crippen LogP contribution in [0.4, 0.5) is 34.1 Å². The van der Waals surface area contributed by atoms with E-state index in [1.54, 1.807) is 0 Å². The summed E-state index contributed by atoms with van der Waals surface area (Å²) in [5.74, 6) is 0.